The van der Waals surface area contributed by atoms with Crippen LogP contribution in [0.25, 0.3) is 11.0 Å². The first kappa shape index (κ1) is 19.7. The Bertz CT molecular complexity index is 1030. The van der Waals surface area contributed by atoms with Gasteiger partial charge in [-0.1, -0.05) is 38.7 Å². The van der Waals surface area contributed by atoms with Crippen LogP contribution in [0.15, 0.2) is 51.9 Å². The molecule has 0 amide bonds. The third-order valence-electron chi connectivity index (χ3n) is 6.41. The predicted octanol–water partition coefficient (Wildman–Crippen LogP) is 5.79. The van der Waals surface area contributed by atoms with E-state index in [-0.39, 0.29) is 11.0 Å². The van der Waals surface area contributed by atoms with Crippen molar-refractivity contribution in [2.75, 3.05) is 7.11 Å². The molecule has 0 spiro atoms. The molecule has 4 rings (SSSR count). The van der Waals surface area contributed by atoms with Crippen molar-refractivity contribution in [1.82, 2.24) is 4.98 Å². The SMILES string of the molecule is CCCCC1(c2cc(OC)c3cc(Cc4cccnc4)c(=O)oc3c2)CCCC1. The number of hydrogen-bond acceptors (Lipinski definition) is 4. The molecule has 0 unspecified atom stereocenters. The lowest BCUT2D eigenvalue weighted by atomic mass is 9.74. The molecular weight excluding hydrogens is 362 g/mol. The van der Waals surface area contributed by atoms with Crippen LogP contribution in [-0.2, 0) is 11.8 Å². The van der Waals surface area contributed by atoms with Crippen molar-refractivity contribution < 1.29 is 9.15 Å². The standard InChI is InChI=1S/C25H29NO3/c1-3-4-9-25(10-5-6-11-25)20-15-22(28-2)21-14-19(24(27)29-23(21)16-20)13-18-8-7-12-26-17-18/h7-8,12,14-17H,3-6,9-11,13H2,1-2H3. The molecule has 2 heterocycles. The number of methoxy groups -OCH3 is 1. The summed E-state index contributed by atoms with van der Waals surface area (Å²) in [6.45, 7) is 2.24. The third-order valence-corrected chi connectivity index (χ3v) is 6.41. The molecular formula is C25H29NO3. The van der Waals surface area contributed by atoms with E-state index in [1.165, 1.54) is 50.5 Å². The largest absolute Gasteiger partial charge is 0.496 e. The van der Waals surface area contributed by atoms with Gasteiger partial charge in [-0.15, -0.1) is 0 Å². The molecule has 4 nitrogen and oxygen atoms in total. The zero-order chi connectivity index (χ0) is 20.3. The zero-order valence-electron chi connectivity index (χ0n) is 17.4. The van der Waals surface area contributed by atoms with Gasteiger partial charge in [0.05, 0.1) is 12.5 Å². The molecule has 29 heavy (non-hydrogen) atoms. The summed E-state index contributed by atoms with van der Waals surface area (Å²) in [7, 11) is 1.69. The highest BCUT2D eigenvalue weighted by Gasteiger charge is 2.35. The van der Waals surface area contributed by atoms with Gasteiger partial charge in [0.1, 0.15) is 11.3 Å². The molecule has 0 atom stereocenters. The van der Waals surface area contributed by atoms with Crippen molar-refractivity contribution in [2.45, 2.75) is 63.7 Å². The average Bonchev–Trinajstić information content (AvgIpc) is 3.23. The molecule has 0 N–H and O–H groups in total. The average molecular weight is 392 g/mol. The minimum absolute atomic E-state index is 0.185. The number of unbranched alkanes of at least 4 members (excludes halogenated alkanes) is 1. The van der Waals surface area contributed by atoms with Crippen molar-refractivity contribution in [2.24, 2.45) is 0 Å². The molecule has 1 saturated carbocycles. The van der Waals surface area contributed by atoms with Crippen LogP contribution in [0.4, 0.5) is 0 Å². The van der Waals surface area contributed by atoms with Crippen molar-refractivity contribution >= 4 is 11.0 Å². The van der Waals surface area contributed by atoms with E-state index in [0.717, 1.165) is 16.7 Å². The molecule has 1 fully saturated rings. The first-order chi connectivity index (χ1) is 14.1. The molecule has 4 heteroatoms. The number of aromatic nitrogens is 1. The summed E-state index contributed by atoms with van der Waals surface area (Å²) in [6, 6.07) is 10.0. The minimum atomic E-state index is -0.283. The van der Waals surface area contributed by atoms with Crippen LogP contribution in [0.2, 0.25) is 0 Å². The second-order valence-corrected chi connectivity index (χ2v) is 8.28. The van der Waals surface area contributed by atoms with Crippen LogP contribution in [0.5, 0.6) is 5.75 Å². The quantitative estimate of drug-likeness (QED) is 0.478. The third kappa shape index (κ3) is 3.93. The minimum Gasteiger partial charge on any atom is -0.496 e. The molecule has 0 saturated heterocycles. The van der Waals surface area contributed by atoms with Crippen LogP contribution >= 0.6 is 0 Å². The number of rotatable bonds is 7. The molecule has 2 aromatic heterocycles. The normalized spacial score (nSPS) is 15.7. The Morgan fingerprint density at radius 2 is 2.03 bits per heavy atom. The van der Waals surface area contributed by atoms with Crippen LogP contribution in [0.3, 0.4) is 0 Å². The first-order valence-corrected chi connectivity index (χ1v) is 10.7. The van der Waals surface area contributed by atoms with Crippen molar-refractivity contribution in [3.8, 4) is 5.75 Å². The molecule has 0 radical (unpaired) electrons. The van der Waals surface area contributed by atoms with Crippen LogP contribution in [0, 0.1) is 0 Å². The van der Waals surface area contributed by atoms with Gasteiger partial charge >= 0.3 is 5.63 Å². The van der Waals surface area contributed by atoms with Gasteiger partial charge in [0.25, 0.3) is 0 Å². The number of benzene rings is 1. The first-order valence-electron chi connectivity index (χ1n) is 10.7. The smallest absolute Gasteiger partial charge is 0.339 e. The number of pyridine rings is 1. The van der Waals surface area contributed by atoms with Crippen molar-refractivity contribution in [3.63, 3.8) is 0 Å². The van der Waals surface area contributed by atoms with Gasteiger partial charge < -0.3 is 9.15 Å². The highest BCUT2D eigenvalue weighted by Crippen LogP contribution is 2.47. The summed E-state index contributed by atoms with van der Waals surface area (Å²) < 4.78 is 11.5. The molecule has 152 valence electrons. The highest BCUT2D eigenvalue weighted by atomic mass is 16.5. The summed E-state index contributed by atoms with van der Waals surface area (Å²) in [6.07, 6.45) is 12.5. The predicted molar refractivity (Wildman–Crippen MR) is 116 cm³/mol. The maximum Gasteiger partial charge on any atom is 0.339 e. The highest BCUT2D eigenvalue weighted by molar-refractivity contribution is 5.85. The fourth-order valence-corrected chi connectivity index (χ4v) is 4.80. The van der Waals surface area contributed by atoms with E-state index < -0.39 is 0 Å². The maximum atomic E-state index is 12.7. The fraction of sp³-hybridized carbons (Fsp3) is 0.440. The molecule has 1 aromatic carbocycles. The fourth-order valence-electron chi connectivity index (χ4n) is 4.80. The molecule has 0 aliphatic heterocycles. The van der Waals surface area contributed by atoms with E-state index in [0.29, 0.717) is 17.6 Å². The summed E-state index contributed by atoms with van der Waals surface area (Å²) in [5, 5.41) is 0.860. The Balaban J connectivity index is 1.79. The van der Waals surface area contributed by atoms with Crippen LogP contribution in [-0.4, -0.2) is 12.1 Å². The monoisotopic (exact) mass is 391 g/mol. The Hall–Kier alpha value is -2.62. The Morgan fingerprint density at radius 1 is 1.21 bits per heavy atom. The lowest BCUT2D eigenvalue weighted by molar-refractivity contribution is 0.383. The number of hydrogen-bond donors (Lipinski definition) is 0. The van der Waals surface area contributed by atoms with Gasteiger partial charge in [0.15, 0.2) is 0 Å². The number of nitrogens with zero attached hydrogens (tertiary/aromatic N) is 1. The maximum absolute atomic E-state index is 12.7. The van der Waals surface area contributed by atoms with Crippen LogP contribution < -0.4 is 10.4 Å². The second-order valence-electron chi connectivity index (χ2n) is 8.28. The lowest BCUT2D eigenvalue weighted by Gasteiger charge is -2.30. The van der Waals surface area contributed by atoms with Gasteiger partial charge in [-0.05, 0) is 60.1 Å². The molecule has 0 bridgehead atoms. The molecule has 3 aromatic rings. The zero-order valence-corrected chi connectivity index (χ0v) is 17.4. The summed E-state index contributed by atoms with van der Waals surface area (Å²) in [4.78, 5) is 16.8. The second kappa shape index (κ2) is 8.40. The Morgan fingerprint density at radius 3 is 2.72 bits per heavy atom. The Labute approximate surface area is 171 Å². The topological polar surface area (TPSA) is 52.3 Å². The van der Waals surface area contributed by atoms with Gasteiger partial charge in [-0.3, -0.25) is 4.98 Å². The van der Waals surface area contributed by atoms with E-state index >= 15 is 0 Å². The summed E-state index contributed by atoms with van der Waals surface area (Å²) in [5.74, 6) is 0.788. The van der Waals surface area contributed by atoms with E-state index in [2.05, 4.69) is 24.0 Å². The van der Waals surface area contributed by atoms with E-state index in [1.807, 2.05) is 18.2 Å². The van der Waals surface area contributed by atoms with Gasteiger partial charge in [0.2, 0.25) is 0 Å². The summed E-state index contributed by atoms with van der Waals surface area (Å²) >= 11 is 0. The number of ether oxygens (including phenoxy) is 1. The van der Waals surface area contributed by atoms with Gasteiger partial charge in [-0.25, -0.2) is 4.79 Å². The van der Waals surface area contributed by atoms with Gasteiger partial charge in [-0.2, -0.15) is 0 Å². The molecule has 1 aliphatic rings. The van der Waals surface area contributed by atoms with Gasteiger partial charge in [0, 0.05) is 24.4 Å². The van der Waals surface area contributed by atoms with Crippen molar-refractivity contribution in [3.05, 3.63) is 69.8 Å². The Kier molecular flexibility index (Phi) is 5.70. The van der Waals surface area contributed by atoms with Crippen LogP contribution in [0.1, 0.15) is 68.6 Å². The van der Waals surface area contributed by atoms with E-state index in [9.17, 15) is 4.79 Å². The van der Waals surface area contributed by atoms with E-state index in [1.54, 1.807) is 19.5 Å². The van der Waals surface area contributed by atoms with Crippen molar-refractivity contribution in [1.29, 1.82) is 0 Å². The summed E-state index contributed by atoms with van der Waals surface area (Å²) in [5.41, 5.74) is 3.40. The molecule has 1 aliphatic carbocycles. The van der Waals surface area contributed by atoms with E-state index in [4.69, 9.17) is 9.15 Å². The number of fused-ring (bicyclic) bond motifs is 1. The lowest BCUT2D eigenvalue weighted by Crippen LogP contribution is -2.22.